The molecule has 8 nitrogen and oxygen atoms in total. The summed E-state index contributed by atoms with van der Waals surface area (Å²) in [4.78, 5) is 37.8. The second-order valence-corrected chi connectivity index (χ2v) is 7.98. The molecule has 1 atom stereocenters. The minimum atomic E-state index is -1.25. The number of nitrogens with two attached hydrogens (primary N) is 1. The predicted octanol–water partition coefficient (Wildman–Crippen LogP) is 2.16. The van der Waals surface area contributed by atoms with Crippen LogP contribution in [-0.2, 0) is 17.7 Å². The van der Waals surface area contributed by atoms with Gasteiger partial charge in [-0.3, -0.25) is 9.69 Å². The Kier molecular flexibility index (Phi) is 9.10. The van der Waals surface area contributed by atoms with E-state index >= 15 is 0 Å². The monoisotopic (exact) mass is 427 g/mol. The van der Waals surface area contributed by atoms with Gasteiger partial charge in [-0.1, -0.05) is 6.07 Å². The fourth-order valence-corrected chi connectivity index (χ4v) is 3.05. The van der Waals surface area contributed by atoms with Crippen LogP contribution in [0.2, 0.25) is 0 Å². The summed E-state index contributed by atoms with van der Waals surface area (Å²) < 4.78 is 7.13. The number of amides is 1. The fraction of sp³-hybridized carbons (Fsp3) is 0.476. The fourth-order valence-electron chi connectivity index (χ4n) is 3.05. The average Bonchev–Trinajstić information content (AvgIpc) is 2.60. The SMILES string of the molecule is CCn1cc(C(=O)O)c(=O)c2cc(CCN(C(=O)OC(C)(C)C)C(C)N)ccc21.[NaH]. The molecule has 2 rings (SSSR count). The van der Waals surface area contributed by atoms with Crippen LogP contribution in [0.4, 0.5) is 4.79 Å². The summed E-state index contributed by atoms with van der Waals surface area (Å²) in [6.07, 6.45) is 0.767. The molecule has 1 heterocycles. The molecule has 30 heavy (non-hydrogen) atoms. The van der Waals surface area contributed by atoms with Crippen LogP contribution in [-0.4, -0.2) is 74.5 Å². The standard InChI is InChI=1S/C21H29N3O5.Na.H/c1-6-23-12-16(19(26)27)18(25)15-11-14(7-8-17(15)23)9-10-24(13(2)22)20(28)29-21(3,4)5;;/h7-8,11-13H,6,9-10,22H2,1-5H3,(H,26,27);;. The summed E-state index contributed by atoms with van der Waals surface area (Å²) in [7, 11) is 0. The predicted molar refractivity (Wildman–Crippen MR) is 118 cm³/mol. The van der Waals surface area contributed by atoms with E-state index in [-0.39, 0.29) is 35.1 Å². The van der Waals surface area contributed by atoms with Crippen molar-refractivity contribution in [3.8, 4) is 0 Å². The Morgan fingerprint density at radius 1 is 1.30 bits per heavy atom. The zero-order valence-electron chi connectivity index (χ0n) is 17.6. The molecule has 0 aliphatic rings. The first-order valence-electron chi connectivity index (χ1n) is 9.59. The van der Waals surface area contributed by atoms with Gasteiger partial charge in [0.05, 0.1) is 11.7 Å². The summed E-state index contributed by atoms with van der Waals surface area (Å²) in [6.45, 7) is 9.77. The van der Waals surface area contributed by atoms with Crippen molar-refractivity contribution in [3.05, 3.63) is 45.7 Å². The van der Waals surface area contributed by atoms with Gasteiger partial charge in [0, 0.05) is 24.7 Å². The first-order valence-corrected chi connectivity index (χ1v) is 9.59. The average molecular weight is 427 g/mol. The normalized spacial score (nSPS) is 12.2. The molecule has 1 amide bonds. The number of carbonyl (C=O) groups is 2. The third-order valence-electron chi connectivity index (χ3n) is 4.48. The van der Waals surface area contributed by atoms with Crippen molar-refractivity contribution in [2.24, 2.45) is 5.73 Å². The third kappa shape index (κ3) is 6.31. The van der Waals surface area contributed by atoms with E-state index in [9.17, 15) is 19.5 Å². The molecule has 0 fully saturated rings. The van der Waals surface area contributed by atoms with Gasteiger partial charge in [-0.2, -0.15) is 0 Å². The molecule has 160 valence electrons. The van der Waals surface area contributed by atoms with Gasteiger partial charge in [0.1, 0.15) is 11.2 Å². The van der Waals surface area contributed by atoms with Gasteiger partial charge in [-0.05, 0) is 58.7 Å². The summed E-state index contributed by atoms with van der Waals surface area (Å²) in [5, 5.41) is 9.66. The van der Waals surface area contributed by atoms with E-state index in [0.717, 1.165) is 5.56 Å². The van der Waals surface area contributed by atoms with E-state index in [1.807, 2.05) is 13.0 Å². The summed E-state index contributed by atoms with van der Waals surface area (Å²) in [5.74, 6) is -1.25. The van der Waals surface area contributed by atoms with Gasteiger partial charge in [-0.25, -0.2) is 9.59 Å². The first kappa shape index (κ1) is 26.2. The van der Waals surface area contributed by atoms with E-state index in [1.54, 1.807) is 44.4 Å². The number of nitrogens with zero attached hydrogens (tertiary/aromatic N) is 2. The molecule has 0 spiro atoms. The van der Waals surface area contributed by atoms with E-state index < -0.39 is 29.3 Å². The summed E-state index contributed by atoms with van der Waals surface area (Å²) in [5.41, 5.74) is 5.99. The molecule has 2 aromatic rings. The Hall–Kier alpha value is -1.87. The topological polar surface area (TPSA) is 115 Å². The van der Waals surface area contributed by atoms with Crippen molar-refractivity contribution in [1.82, 2.24) is 9.47 Å². The quantitative estimate of drug-likeness (QED) is 0.539. The van der Waals surface area contributed by atoms with Gasteiger partial charge >= 0.3 is 41.6 Å². The molecule has 0 bridgehead atoms. The number of benzene rings is 1. The zero-order chi connectivity index (χ0) is 21.9. The van der Waals surface area contributed by atoms with Crippen molar-refractivity contribution in [2.45, 2.75) is 59.4 Å². The molecule has 1 aromatic carbocycles. The number of aryl methyl sites for hydroxylation is 1. The first-order chi connectivity index (χ1) is 13.4. The summed E-state index contributed by atoms with van der Waals surface area (Å²) >= 11 is 0. The molecule has 3 N–H and O–H groups in total. The van der Waals surface area contributed by atoms with E-state index in [2.05, 4.69) is 0 Å². The number of ether oxygens (including phenoxy) is 1. The number of carboxylic acids is 1. The zero-order valence-corrected chi connectivity index (χ0v) is 17.6. The number of pyridine rings is 1. The molecular weight excluding hydrogens is 397 g/mol. The Morgan fingerprint density at radius 2 is 1.93 bits per heavy atom. The van der Waals surface area contributed by atoms with Gasteiger partial charge < -0.3 is 20.1 Å². The molecule has 9 heteroatoms. The van der Waals surface area contributed by atoms with Crippen molar-refractivity contribution in [3.63, 3.8) is 0 Å². The van der Waals surface area contributed by atoms with Gasteiger partial charge in [-0.15, -0.1) is 0 Å². The number of fused-ring (bicyclic) bond motifs is 1. The van der Waals surface area contributed by atoms with Crippen molar-refractivity contribution >= 4 is 52.5 Å². The van der Waals surface area contributed by atoms with Crippen molar-refractivity contribution in [1.29, 1.82) is 0 Å². The Morgan fingerprint density at radius 3 is 2.43 bits per heavy atom. The Labute approximate surface area is 198 Å². The van der Waals surface area contributed by atoms with Crippen LogP contribution in [0, 0.1) is 0 Å². The Bertz CT molecular complexity index is 979. The molecule has 1 unspecified atom stereocenters. The number of aromatic nitrogens is 1. The summed E-state index contributed by atoms with van der Waals surface area (Å²) in [6, 6.07) is 5.35. The van der Waals surface area contributed by atoms with E-state index in [1.165, 1.54) is 11.1 Å². The van der Waals surface area contributed by atoms with Crippen LogP contribution in [0.25, 0.3) is 10.9 Å². The number of hydrogen-bond donors (Lipinski definition) is 2. The van der Waals surface area contributed by atoms with E-state index in [0.29, 0.717) is 30.4 Å². The number of aromatic carboxylic acids is 1. The van der Waals surface area contributed by atoms with E-state index in [4.69, 9.17) is 10.5 Å². The van der Waals surface area contributed by atoms with Gasteiger partial charge in [0.25, 0.3) is 0 Å². The maximum absolute atomic E-state index is 12.6. The molecule has 0 radical (unpaired) electrons. The van der Waals surface area contributed by atoms with Crippen molar-refractivity contribution < 1.29 is 19.4 Å². The van der Waals surface area contributed by atoms with Crippen LogP contribution in [0.5, 0.6) is 0 Å². The number of carbonyl (C=O) groups excluding carboxylic acids is 1. The molecule has 0 saturated carbocycles. The molecule has 0 aliphatic carbocycles. The van der Waals surface area contributed by atoms with Gasteiger partial charge in [0.15, 0.2) is 0 Å². The van der Waals surface area contributed by atoms with Crippen LogP contribution in [0.1, 0.15) is 50.5 Å². The second-order valence-electron chi connectivity index (χ2n) is 7.98. The van der Waals surface area contributed by atoms with Crippen LogP contribution in [0.15, 0.2) is 29.2 Å². The minimum absolute atomic E-state index is 0. The Balaban J connectivity index is 0.00000450. The molecule has 1 aromatic heterocycles. The van der Waals surface area contributed by atoms with Crippen LogP contribution < -0.4 is 11.2 Å². The molecular formula is C21H30N3NaO5. The van der Waals surface area contributed by atoms with Crippen molar-refractivity contribution in [2.75, 3.05) is 6.54 Å². The third-order valence-corrected chi connectivity index (χ3v) is 4.48. The molecule has 0 saturated heterocycles. The van der Waals surface area contributed by atoms with Crippen LogP contribution >= 0.6 is 0 Å². The molecule has 0 aliphatic heterocycles. The van der Waals surface area contributed by atoms with Crippen LogP contribution in [0.3, 0.4) is 0 Å². The maximum atomic E-state index is 12.6. The number of hydrogen-bond acceptors (Lipinski definition) is 5. The second kappa shape index (κ2) is 10.4. The number of carboxylic acid groups (broad SMARTS) is 1. The van der Waals surface area contributed by atoms with Gasteiger partial charge in [0.2, 0.25) is 5.43 Å². The number of rotatable bonds is 6.